The summed E-state index contributed by atoms with van der Waals surface area (Å²) in [6.45, 7) is 2.20. The van der Waals surface area contributed by atoms with E-state index in [9.17, 15) is 0 Å². The standard InChI is InChI=1S/C9H11O/c1-2-8-3-4-9(7-8)5-6-10/h2,4,7,10H,5-6H2,1H3. The first-order valence-electron chi connectivity index (χ1n) is 3.44. The molecule has 1 nitrogen and oxygen atoms in total. The maximum absolute atomic E-state index is 8.58. The number of aliphatic hydroxyl groups is 1. The van der Waals surface area contributed by atoms with Crippen LogP contribution in [0.3, 0.4) is 0 Å². The van der Waals surface area contributed by atoms with Gasteiger partial charge in [-0.05, 0) is 30.6 Å². The molecule has 0 aromatic rings. The van der Waals surface area contributed by atoms with Gasteiger partial charge >= 0.3 is 0 Å². The zero-order chi connectivity index (χ0) is 7.40. The molecule has 53 valence electrons. The van der Waals surface area contributed by atoms with Gasteiger partial charge in [0.15, 0.2) is 0 Å². The molecule has 0 heterocycles. The lowest BCUT2D eigenvalue weighted by Crippen LogP contribution is -1.81. The third kappa shape index (κ3) is 1.58. The second kappa shape index (κ2) is 3.37. The van der Waals surface area contributed by atoms with E-state index in [1.165, 1.54) is 0 Å². The van der Waals surface area contributed by atoms with Gasteiger partial charge in [-0.3, -0.25) is 0 Å². The summed E-state index contributed by atoms with van der Waals surface area (Å²) in [5, 5.41) is 8.58. The van der Waals surface area contributed by atoms with Crippen LogP contribution in [0.25, 0.3) is 0 Å². The Labute approximate surface area is 61.4 Å². The van der Waals surface area contributed by atoms with Gasteiger partial charge in [-0.1, -0.05) is 18.2 Å². The molecule has 10 heavy (non-hydrogen) atoms. The van der Waals surface area contributed by atoms with Crippen molar-refractivity contribution in [3.05, 3.63) is 35.5 Å². The summed E-state index contributed by atoms with van der Waals surface area (Å²) < 4.78 is 0. The van der Waals surface area contributed by atoms with Crippen LogP contribution in [0.1, 0.15) is 13.3 Å². The van der Waals surface area contributed by atoms with Crippen LogP contribution in [0.4, 0.5) is 0 Å². The van der Waals surface area contributed by atoms with Crippen molar-refractivity contribution in [2.45, 2.75) is 13.3 Å². The quantitative estimate of drug-likeness (QED) is 0.610. The average molecular weight is 135 g/mol. The second-order valence-corrected chi connectivity index (χ2v) is 2.23. The molecule has 0 atom stereocenters. The van der Waals surface area contributed by atoms with Crippen LogP contribution in [0.2, 0.25) is 0 Å². The molecule has 0 saturated carbocycles. The van der Waals surface area contributed by atoms with E-state index in [1.807, 2.05) is 25.2 Å². The van der Waals surface area contributed by atoms with Gasteiger partial charge in [0, 0.05) is 6.61 Å². The van der Waals surface area contributed by atoms with Gasteiger partial charge in [0.1, 0.15) is 0 Å². The van der Waals surface area contributed by atoms with Gasteiger partial charge in [-0.15, -0.1) is 0 Å². The van der Waals surface area contributed by atoms with E-state index < -0.39 is 0 Å². The molecule has 1 radical (unpaired) electrons. The summed E-state index contributed by atoms with van der Waals surface area (Å²) in [5.41, 5.74) is 2.28. The Morgan fingerprint density at radius 2 is 2.50 bits per heavy atom. The van der Waals surface area contributed by atoms with Gasteiger partial charge in [-0.2, -0.15) is 0 Å². The number of hydrogen-bond donors (Lipinski definition) is 1. The minimum atomic E-state index is 0.223. The number of rotatable bonds is 2. The summed E-state index contributed by atoms with van der Waals surface area (Å²) in [4.78, 5) is 0. The largest absolute Gasteiger partial charge is 0.396 e. The molecule has 0 fully saturated rings. The SMILES string of the molecule is CC=C1[C]=CC(CCO)=C1. The lowest BCUT2D eigenvalue weighted by atomic mass is 10.2. The Morgan fingerprint density at radius 3 is 3.00 bits per heavy atom. The van der Waals surface area contributed by atoms with E-state index in [0.29, 0.717) is 0 Å². The highest BCUT2D eigenvalue weighted by molar-refractivity contribution is 5.41. The molecule has 0 aromatic carbocycles. The fourth-order valence-electron chi connectivity index (χ4n) is 0.899. The number of aliphatic hydroxyl groups excluding tert-OH is 1. The lowest BCUT2D eigenvalue weighted by Gasteiger charge is -1.90. The molecule has 1 heteroatoms. The highest BCUT2D eigenvalue weighted by Crippen LogP contribution is 2.15. The zero-order valence-electron chi connectivity index (χ0n) is 6.09. The molecule has 1 aliphatic carbocycles. The third-order valence-corrected chi connectivity index (χ3v) is 1.48. The van der Waals surface area contributed by atoms with Crippen LogP contribution in [-0.4, -0.2) is 11.7 Å². The Bertz CT molecular complexity index is 197. The van der Waals surface area contributed by atoms with E-state index in [2.05, 4.69) is 6.08 Å². The minimum Gasteiger partial charge on any atom is -0.396 e. The number of hydrogen-bond acceptors (Lipinski definition) is 1. The van der Waals surface area contributed by atoms with Crippen LogP contribution >= 0.6 is 0 Å². The van der Waals surface area contributed by atoms with E-state index in [0.717, 1.165) is 17.6 Å². The number of allylic oxidation sites excluding steroid dienone is 5. The monoisotopic (exact) mass is 135 g/mol. The van der Waals surface area contributed by atoms with Crippen molar-refractivity contribution in [1.82, 2.24) is 0 Å². The van der Waals surface area contributed by atoms with Crippen molar-refractivity contribution in [3.8, 4) is 0 Å². The normalized spacial score (nSPS) is 20.2. The summed E-state index contributed by atoms with van der Waals surface area (Å²) in [5.74, 6) is 0. The van der Waals surface area contributed by atoms with Crippen LogP contribution in [0.5, 0.6) is 0 Å². The molecular weight excluding hydrogens is 124 g/mol. The van der Waals surface area contributed by atoms with Gasteiger partial charge in [-0.25, -0.2) is 0 Å². The molecule has 0 saturated heterocycles. The highest BCUT2D eigenvalue weighted by atomic mass is 16.2. The minimum absolute atomic E-state index is 0.223. The van der Waals surface area contributed by atoms with Crippen molar-refractivity contribution >= 4 is 0 Å². The van der Waals surface area contributed by atoms with E-state index in [4.69, 9.17) is 5.11 Å². The van der Waals surface area contributed by atoms with Gasteiger partial charge in [0.25, 0.3) is 0 Å². The van der Waals surface area contributed by atoms with Crippen molar-refractivity contribution in [2.75, 3.05) is 6.61 Å². The molecule has 0 aromatic heterocycles. The first-order valence-corrected chi connectivity index (χ1v) is 3.44. The van der Waals surface area contributed by atoms with E-state index in [-0.39, 0.29) is 6.61 Å². The molecule has 1 rings (SSSR count). The van der Waals surface area contributed by atoms with Crippen molar-refractivity contribution in [2.24, 2.45) is 0 Å². The molecule has 0 spiro atoms. The maximum Gasteiger partial charge on any atom is 0.0471 e. The molecule has 0 unspecified atom stereocenters. The Hall–Kier alpha value is -0.820. The molecule has 1 aliphatic rings. The molecule has 0 amide bonds. The Kier molecular flexibility index (Phi) is 2.46. The van der Waals surface area contributed by atoms with Crippen molar-refractivity contribution < 1.29 is 5.11 Å². The predicted molar refractivity (Wildman–Crippen MR) is 41.4 cm³/mol. The Morgan fingerprint density at radius 1 is 1.70 bits per heavy atom. The van der Waals surface area contributed by atoms with Crippen molar-refractivity contribution in [3.63, 3.8) is 0 Å². The highest BCUT2D eigenvalue weighted by Gasteiger charge is 1.99. The summed E-state index contributed by atoms with van der Waals surface area (Å²) in [6, 6.07) is 0. The van der Waals surface area contributed by atoms with E-state index in [1.54, 1.807) is 0 Å². The summed E-state index contributed by atoms with van der Waals surface area (Å²) in [6.07, 6.45) is 9.77. The van der Waals surface area contributed by atoms with Crippen molar-refractivity contribution in [1.29, 1.82) is 0 Å². The zero-order valence-corrected chi connectivity index (χ0v) is 6.09. The van der Waals surface area contributed by atoms with Gasteiger partial charge in [0.05, 0.1) is 0 Å². The molecule has 0 aliphatic heterocycles. The van der Waals surface area contributed by atoms with Crippen LogP contribution in [-0.2, 0) is 0 Å². The summed E-state index contributed by atoms with van der Waals surface area (Å²) in [7, 11) is 0. The topological polar surface area (TPSA) is 20.2 Å². The van der Waals surface area contributed by atoms with Gasteiger partial charge in [0.2, 0.25) is 0 Å². The van der Waals surface area contributed by atoms with Crippen LogP contribution < -0.4 is 0 Å². The van der Waals surface area contributed by atoms with Gasteiger partial charge < -0.3 is 5.11 Å². The lowest BCUT2D eigenvalue weighted by molar-refractivity contribution is 0.300. The summed E-state index contributed by atoms with van der Waals surface area (Å²) >= 11 is 0. The van der Waals surface area contributed by atoms with E-state index >= 15 is 0 Å². The van der Waals surface area contributed by atoms with Crippen LogP contribution in [0, 0.1) is 6.08 Å². The first kappa shape index (κ1) is 7.29. The maximum atomic E-state index is 8.58. The Balaban J connectivity index is 2.59. The molecule has 1 N–H and O–H groups in total. The first-order chi connectivity index (χ1) is 4.86. The molecular formula is C9H11O. The smallest absolute Gasteiger partial charge is 0.0471 e. The van der Waals surface area contributed by atoms with Crippen LogP contribution in [0.15, 0.2) is 29.4 Å². The molecule has 0 bridgehead atoms. The third-order valence-electron chi connectivity index (χ3n) is 1.48. The fourth-order valence-corrected chi connectivity index (χ4v) is 0.899. The second-order valence-electron chi connectivity index (χ2n) is 2.23. The average Bonchev–Trinajstić information content (AvgIpc) is 2.37. The predicted octanol–water partition coefficient (Wildman–Crippen LogP) is 1.61. The fraction of sp³-hybridized carbons (Fsp3) is 0.333.